The molecule has 0 saturated heterocycles. The van der Waals surface area contributed by atoms with E-state index in [-0.39, 0.29) is 12.0 Å². The Labute approximate surface area is 57.3 Å². The Kier molecular flexibility index (Phi) is 3.82. The molecule has 0 aliphatic rings. The molecule has 2 nitrogen and oxygen atoms in total. The first-order chi connectivity index (χ1) is 4.12. The standard InChI is InChI=1S/C7H15NO/c1-4-8-5-7(2,3)6-9/h1,8-9H,4-6H2,2-3H3. The molecule has 0 aromatic carbocycles. The Balaban J connectivity index is 3.33. The molecule has 0 unspecified atom stereocenters. The van der Waals surface area contributed by atoms with E-state index >= 15 is 0 Å². The second-order valence-electron chi connectivity index (χ2n) is 2.95. The third kappa shape index (κ3) is 4.43. The molecule has 2 heteroatoms. The van der Waals surface area contributed by atoms with Crippen LogP contribution in [0.15, 0.2) is 0 Å². The van der Waals surface area contributed by atoms with Crippen LogP contribution in [-0.4, -0.2) is 24.8 Å². The lowest BCUT2D eigenvalue weighted by molar-refractivity contribution is 0.158. The summed E-state index contributed by atoms with van der Waals surface area (Å²) in [5, 5.41) is 11.7. The molecular weight excluding hydrogens is 114 g/mol. The van der Waals surface area contributed by atoms with Crippen LogP contribution in [0.1, 0.15) is 13.8 Å². The predicted octanol–water partition coefficient (Wildman–Crippen LogP) is 0.306. The lowest BCUT2D eigenvalue weighted by Gasteiger charge is -2.21. The zero-order valence-corrected chi connectivity index (χ0v) is 6.15. The quantitative estimate of drug-likeness (QED) is 0.572. The van der Waals surface area contributed by atoms with Crippen molar-refractivity contribution in [3.05, 3.63) is 6.92 Å². The molecule has 0 saturated carbocycles. The zero-order valence-electron chi connectivity index (χ0n) is 6.15. The maximum Gasteiger partial charge on any atom is 0.0494 e. The second-order valence-corrected chi connectivity index (χ2v) is 2.95. The van der Waals surface area contributed by atoms with Gasteiger partial charge in [0, 0.05) is 18.6 Å². The number of aliphatic hydroxyl groups excluding tert-OH is 1. The highest BCUT2D eigenvalue weighted by Crippen LogP contribution is 2.10. The second kappa shape index (κ2) is 3.85. The van der Waals surface area contributed by atoms with Crippen molar-refractivity contribution in [2.24, 2.45) is 5.41 Å². The molecule has 0 fully saturated rings. The van der Waals surface area contributed by atoms with E-state index in [4.69, 9.17) is 12.0 Å². The third-order valence-electron chi connectivity index (χ3n) is 1.18. The van der Waals surface area contributed by atoms with Gasteiger partial charge in [-0.2, -0.15) is 0 Å². The maximum absolute atomic E-state index is 8.74. The smallest absolute Gasteiger partial charge is 0.0494 e. The third-order valence-corrected chi connectivity index (χ3v) is 1.18. The van der Waals surface area contributed by atoms with Crippen molar-refractivity contribution < 1.29 is 5.11 Å². The molecule has 0 aliphatic carbocycles. The molecule has 9 heavy (non-hydrogen) atoms. The molecule has 2 N–H and O–H groups in total. The van der Waals surface area contributed by atoms with E-state index in [9.17, 15) is 0 Å². The minimum atomic E-state index is -0.0423. The molecule has 0 bridgehead atoms. The average molecular weight is 129 g/mol. The summed E-state index contributed by atoms with van der Waals surface area (Å²) in [5.41, 5.74) is -0.0423. The van der Waals surface area contributed by atoms with E-state index in [1.165, 1.54) is 0 Å². The molecule has 0 aromatic heterocycles. The first kappa shape index (κ1) is 8.92. The topological polar surface area (TPSA) is 32.3 Å². The summed E-state index contributed by atoms with van der Waals surface area (Å²) in [6.45, 7) is 10.6. The van der Waals surface area contributed by atoms with Gasteiger partial charge in [-0.25, -0.2) is 0 Å². The van der Waals surface area contributed by atoms with Gasteiger partial charge in [0.2, 0.25) is 0 Å². The summed E-state index contributed by atoms with van der Waals surface area (Å²) in [5.74, 6) is 0. The Morgan fingerprint density at radius 3 is 2.44 bits per heavy atom. The van der Waals surface area contributed by atoms with Crippen LogP contribution in [-0.2, 0) is 0 Å². The number of hydrogen-bond donors (Lipinski definition) is 2. The number of hydrogen-bond acceptors (Lipinski definition) is 2. The van der Waals surface area contributed by atoms with Crippen molar-refractivity contribution >= 4 is 0 Å². The van der Waals surface area contributed by atoms with Crippen molar-refractivity contribution in [3.63, 3.8) is 0 Å². The van der Waals surface area contributed by atoms with Crippen LogP contribution in [0.4, 0.5) is 0 Å². The van der Waals surface area contributed by atoms with Gasteiger partial charge in [0.15, 0.2) is 0 Å². The highest BCUT2D eigenvalue weighted by Gasteiger charge is 2.14. The predicted molar refractivity (Wildman–Crippen MR) is 38.0 cm³/mol. The van der Waals surface area contributed by atoms with Crippen molar-refractivity contribution in [2.45, 2.75) is 13.8 Å². The first-order valence-electron chi connectivity index (χ1n) is 3.14. The molecule has 2 radical (unpaired) electrons. The van der Waals surface area contributed by atoms with Crippen LogP contribution in [0.25, 0.3) is 0 Å². The zero-order chi connectivity index (χ0) is 7.33. The van der Waals surface area contributed by atoms with Gasteiger partial charge in [0.25, 0.3) is 0 Å². The Bertz CT molecular complexity index is 71.3. The van der Waals surface area contributed by atoms with Crippen LogP contribution in [0.2, 0.25) is 0 Å². The van der Waals surface area contributed by atoms with Gasteiger partial charge in [-0.3, -0.25) is 0 Å². The van der Waals surface area contributed by atoms with E-state index < -0.39 is 0 Å². The van der Waals surface area contributed by atoms with Crippen molar-refractivity contribution in [1.29, 1.82) is 0 Å². The first-order valence-corrected chi connectivity index (χ1v) is 3.14. The van der Waals surface area contributed by atoms with Crippen LogP contribution >= 0.6 is 0 Å². The van der Waals surface area contributed by atoms with Gasteiger partial charge in [-0.05, 0) is 13.5 Å². The SMILES string of the molecule is [CH]CNCC(C)(C)CO. The summed E-state index contributed by atoms with van der Waals surface area (Å²) in [7, 11) is 0. The number of aliphatic hydroxyl groups is 1. The number of rotatable bonds is 4. The average Bonchev–Trinajstić information content (AvgIpc) is 1.84. The van der Waals surface area contributed by atoms with E-state index in [0.717, 1.165) is 6.54 Å². The minimum absolute atomic E-state index is 0.0423. The molecule has 0 amide bonds. The van der Waals surface area contributed by atoms with E-state index in [0.29, 0.717) is 6.54 Å². The molecule has 54 valence electrons. The lowest BCUT2D eigenvalue weighted by Crippen LogP contribution is -2.31. The normalized spacial score (nSPS) is 12.0. The molecule has 0 spiro atoms. The maximum atomic E-state index is 8.74. The fraction of sp³-hybridized carbons (Fsp3) is 0.857. The van der Waals surface area contributed by atoms with Crippen molar-refractivity contribution in [2.75, 3.05) is 19.7 Å². The van der Waals surface area contributed by atoms with E-state index in [1.807, 2.05) is 13.8 Å². The molecular formula is C7H15NO. The Morgan fingerprint density at radius 1 is 1.56 bits per heavy atom. The van der Waals surface area contributed by atoms with Gasteiger partial charge in [0.05, 0.1) is 0 Å². The van der Waals surface area contributed by atoms with E-state index in [2.05, 4.69) is 5.32 Å². The van der Waals surface area contributed by atoms with E-state index in [1.54, 1.807) is 0 Å². The molecule has 0 atom stereocenters. The Hall–Kier alpha value is -0.0800. The van der Waals surface area contributed by atoms with Gasteiger partial charge >= 0.3 is 0 Å². The highest BCUT2D eigenvalue weighted by atomic mass is 16.3. The van der Waals surface area contributed by atoms with Gasteiger partial charge in [-0.1, -0.05) is 13.8 Å². The van der Waals surface area contributed by atoms with Crippen molar-refractivity contribution in [3.8, 4) is 0 Å². The van der Waals surface area contributed by atoms with Crippen LogP contribution in [0.5, 0.6) is 0 Å². The van der Waals surface area contributed by atoms with Gasteiger partial charge in [0.1, 0.15) is 0 Å². The molecule has 0 heterocycles. The molecule has 0 aromatic rings. The van der Waals surface area contributed by atoms with Gasteiger partial charge in [-0.15, -0.1) is 0 Å². The summed E-state index contributed by atoms with van der Waals surface area (Å²) in [6, 6.07) is 0. The summed E-state index contributed by atoms with van der Waals surface area (Å²) < 4.78 is 0. The minimum Gasteiger partial charge on any atom is -0.396 e. The summed E-state index contributed by atoms with van der Waals surface area (Å²) in [4.78, 5) is 0. The van der Waals surface area contributed by atoms with Gasteiger partial charge < -0.3 is 10.4 Å². The van der Waals surface area contributed by atoms with Crippen molar-refractivity contribution in [1.82, 2.24) is 5.32 Å². The molecule has 0 aliphatic heterocycles. The monoisotopic (exact) mass is 129 g/mol. The fourth-order valence-corrected chi connectivity index (χ4v) is 0.466. The van der Waals surface area contributed by atoms with Crippen LogP contribution in [0.3, 0.4) is 0 Å². The lowest BCUT2D eigenvalue weighted by atomic mass is 9.95. The highest BCUT2D eigenvalue weighted by molar-refractivity contribution is 4.69. The summed E-state index contributed by atoms with van der Waals surface area (Å²) in [6.07, 6.45) is 0. The van der Waals surface area contributed by atoms with Crippen LogP contribution in [0, 0.1) is 12.3 Å². The number of nitrogens with one attached hydrogen (secondary N) is 1. The summed E-state index contributed by atoms with van der Waals surface area (Å²) >= 11 is 0. The fourth-order valence-electron chi connectivity index (χ4n) is 0.466. The Morgan fingerprint density at radius 2 is 2.11 bits per heavy atom. The largest absolute Gasteiger partial charge is 0.396 e. The molecule has 0 rings (SSSR count). The van der Waals surface area contributed by atoms with Crippen LogP contribution < -0.4 is 5.32 Å².